The van der Waals surface area contributed by atoms with Crippen molar-refractivity contribution in [2.75, 3.05) is 24.2 Å². The van der Waals surface area contributed by atoms with E-state index in [0.717, 1.165) is 17.8 Å². The van der Waals surface area contributed by atoms with Crippen molar-refractivity contribution in [1.82, 2.24) is 9.97 Å². The number of nitrogens with zero attached hydrogens (tertiary/aromatic N) is 3. The Morgan fingerprint density at radius 3 is 2.56 bits per heavy atom. The predicted octanol–water partition coefficient (Wildman–Crippen LogP) is 0.828. The molecule has 0 amide bonds. The van der Waals surface area contributed by atoms with Crippen molar-refractivity contribution in [1.29, 1.82) is 0 Å². The molecule has 5 heteroatoms. The molecular weight excluding hydrogens is 204 g/mol. The van der Waals surface area contributed by atoms with E-state index < -0.39 is 5.60 Å². The second-order valence-corrected chi connectivity index (χ2v) is 4.58. The molecule has 0 spiro atoms. The van der Waals surface area contributed by atoms with Crippen LogP contribution in [-0.2, 0) is 6.42 Å². The van der Waals surface area contributed by atoms with Crippen LogP contribution >= 0.6 is 0 Å². The Bertz CT molecular complexity index is 359. The lowest BCUT2D eigenvalue weighted by molar-refractivity contribution is 0.0884. The molecule has 0 fully saturated rings. The molecule has 1 aromatic rings. The highest BCUT2D eigenvalue weighted by molar-refractivity contribution is 5.56. The second kappa shape index (κ2) is 4.65. The molecule has 3 N–H and O–H groups in total. The van der Waals surface area contributed by atoms with Gasteiger partial charge in [-0.3, -0.25) is 0 Å². The van der Waals surface area contributed by atoms with Gasteiger partial charge in [0.25, 0.3) is 0 Å². The number of anilines is 2. The van der Waals surface area contributed by atoms with Crippen molar-refractivity contribution in [2.45, 2.75) is 32.8 Å². The van der Waals surface area contributed by atoms with E-state index in [1.807, 2.05) is 18.9 Å². The van der Waals surface area contributed by atoms with E-state index in [1.165, 1.54) is 6.33 Å². The summed E-state index contributed by atoms with van der Waals surface area (Å²) in [5.41, 5.74) is 5.95. The summed E-state index contributed by atoms with van der Waals surface area (Å²) in [6, 6.07) is 0. The van der Waals surface area contributed by atoms with Gasteiger partial charge in [-0.2, -0.15) is 0 Å². The molecule has 5 nitrogen and oxygen atoms in total. The second-order valence-electron chi connectivity index (χ2n) is 4.58. The molecule has 0 unspecified atom stereocenters. The third kappa shape index (κ3) is 3.06. The zero-order chi connectivity index (χ0) is 12.3. The molecule has 0 aromatic carbocycles. The molecule has 1 aromatic heterocycles. The van der Waals surface area contributed by atoms with Crippen molar-refractivity contribution in [3.63, 3.8) is 0 Å². The maximum atomic E-state index is 9.77. The highest BCUT2D eigenvalue weighted by Crippen LogP contribution is 2.22. The van der Waals surface area contributed by atoms with Crippen LogP contribution in [0.25, 0.3) is 0 Å². The van der Waals surface area contributed by atoms with Crippen LogP contribution in [0.5, 0.6) is 0 Å². The minimum atomic E-state index is -0.764. The van der Waals surface area contributed by atoms with Gasteiger partial charge >= 0.3 is 0 Å². The van der Waals surface area contributed by atoms with E-state index in [9.17, 15) is 5.11 Å². The first-order valence-electron chi connectivity index (χ1n) is 5.38. The van der Waals surface area contributed by atoms with Crippen LogP contribution in [0.2, 0.25) is 0 Å². The fraction of sp³-hybridized carbons (Fsp3) is 0.636. The summed E-state index contributed by atoms with van der Waals surface area (Å²) in [4.78, 5) is 10.1. The minimum Gasteiger partial charge on any atom is -0.389 e. The van der Waals surface area contributed by atoms with Crippen LogP contribution < -0.4 is 10.6 Å². The lowest BCUT2D eigenvalue weighted by Crippen LogP contribution is -2.37. The van der Waals surface area contributed by atoms with Gasteiger partial charge in [0.1, 0.15) is 18.0 Å². The first-order valence-corrected chi connectivity index (χ1v) is 5.38. The highest BCUT2D eigenvalue weighted by Gasteiger charge is 2.19. The SMILES string of the molecule is CCc1c(N)ncnc1N(C)CC(C)(C)O. The summed E-state index contributed by atoms with van der Waals surface area (Å²) in [7, 11) is 1.89. The average Bonchev–Trinajstić information content (AvgIpc) is 2.14. The molecule has 0 aliphatic rings. The topological polar surface area (TPSA) is 75.3 Å². The van der Waals surface area contributed by atoms with Crippen LogP contribution in [0, 0.1) is 0 Å². The van der Waals surface area contributed by atoms with Crippen molar-refractivity contribution in [3.05, 3.63) is 11.9 Å². The molecule has 0 bridgehead atoms. The van der Waals surface area contributed by atoms with E-state index in [0.29, 0.717) is 12.4 Å². The summed E-state index contributed by atoms with van der Waals surface area (Å²) in [5, 5.41) is 9.77. The van der Waals surface area contributed by atoms with Crippen LogP contribution in [0.15, 0.2) is 6.33 Å². The number of nitrogen functional groups attached to an aromatic ring is 1. The monoisotopic (exact) mass is 224 g/mol. The lowest BCUT2D eigenvalue weighted by atomic mass is 10.1. The van der Waals surface area contributed by atoms with Crippen molar-refractivity contribution >= 4 is 11.6 Å². The summed E-state index contributed by atoms with van der Waals surface area (Å²) in [6.45, 7) is 6.03. The lowest BCUT2D eigenvalue weighted by Gasteiger charge is -2.27. The van der Waals surface area contributed by atoms with E-state index in [-0.39, 0.29) is 0 Å². The molecule has 0 aliphatic heterocycles. The summed E-state index contributed by atoms with van der Waals surface area (Å²) in [6.07, 6.45) is 2.23. The number of hydrogen-bond donors (Lipinski definition) is 2. The Morgan fingerprint density at radius 2 is 2.06 bits per heavy atom. The van der Waals surface area contributed by atoms with Crippen LogP contribution in [-0.4, -0.2) is 34.3 Å². The number of rotatable bonds is 4. The number of hydrogen-bond acceptors (Lipinski definition) is 5. The first kappa shape index (κ1) is 12.7. The zero-order valence-corrected chi connectivity index (χ0v) is 10.4. The van der Waals surface area contributed by atoms with E-state index in [2.05, 4.69) is 9.97 Å². The number of nitrogens with two attached hydrogens (primary N) is 1. The smallest absolute Gasteiger partial charge is 0.137 e. The Hall–Kier alpha value is -1.36. The number of aromatic nitrogens is 2. The van der Waals surface area contributed by atoms with Crippen LogP contribution in [0.1, 0.15) is 26.3 Å². The molecule has 1 rings (SSSR count). The Balaban J connectivity index is 2.99. The third-order valence-corrected chi connectivity index (χ3v) is 2.30. The van der Waals surface area contributed by atoms with Crippen molar-refractivity contribution < 1.29 is 5.11 Å². The summed E-state index contributed by atoms with van der Waals surface area (Å²) < 4.78 is 0. The Kier molecular flexibility index (Phi) is 3.70. The molecule has 0 saturated carbocycles. The molecular formula is C11H20N4O. The van der Waals surface area contributed by atoms with Gasteiger partial charge in [-0.05, 0) is 20.3 Å². The van der Waals surface area contributed by atoms with Crippen molar-refractivity contribution in [3.8, 4) is 0 Å². The summed E-state index contributed by atoms with van der Waals surface area (Å²) >= 11 is 0. The van der Waals surface area contributed by atoms with Gasteiger partial charge in [-0.15, -0.1) is 0 Å². The van der Waals surface area contributed by atoms with Gasteiger partial charge in [0.15, 0.2) is 0 Å². The Morgan fingerprint density at radius 1 is 1.44 bits per heavy atom. The van der Waals surface area contributed by atoms with Gasteiger partial charge < -0.3 is 15.7 Å². The van der Waals surface area contributed by atoms with Gasteiger partial charge in [0.05, 0.1) is 5.60 Å². The highest BCUT2D eigenvalue weighted by atomic mass is 16.3. The quantitative estimate of drug-likeness (QED) is 0.792. The third-order valence-electron chi connectivity index (χ3n) is 2.30. The van der Waals surface area contributed by atoms with E-state index in [4.69, 9.17) is 5.73 Å². The normalized spacial score (nSPS) is 11.6. The molecule has 16 heavy (non-hydrogen) atoms. The average molecular weight is 224 g/mol. The van der Waals surface area contributed by atoms with Gasteiger partial charge in [0.2, 0.25) is 0 Å². The summed E-state index contributed by atoms with van der Waals surface area (Å²) in [5.74, 6) is 1.30. The molecule has 0 saturated heterocycles. The van der Waals surface area contributed by atoms with Gasteiger partial charge in [-0.25, -0.2) is 9.97 Å². The molecule has 0 atom stereocenters. The largest absolute Gasteiger partial charge is 0.389 e. The molecule has 0 aliphatic carbocycles. The molecule has 1 heterocycles. The predicted molar refractivity (Wildman–Crippen MR) is 65.4 cm³/mol. The molecule has 90 valence electrons. The first-order chi connectivity index (χ1) is 7.35. The number of aliphatic hydroxyl groups is 1. The number of likely N-dealkylation sites (N-methyl/N-ethyl adjacent to an activating group) is 1. The van der Waals surface area contributed by atoms with Crippen LogP contribution in [0.4, 0.5) is 11.6 Å². The van der Waals surface area contributed by atoms with E-state index >= 15 is 0 Å². The Labute approximate surface area is 96.3 Å². The fourth-order valence-electron chi connectivity index (χ4n) is 1.74. The fourth-order valence-corrected chi connectivity index (χ4v) is 1.74. The van der Waals surface area contributed by atoms with Crippen LogP contribution in [0.3, 0.4) is 0 Å². The van der Waals surface area contributed by atoms with Crippen molar-refractivity contribution in [2.24, 2.45) is 0 Å². The van der Waals surface area contributed by atoms with Gasteiger partial charge in [-0.1, -0.05) is 6.92 Å². The van der Waals surface area contributed by atoms with Gasteiger partial charge in [0, 0.05) is 19.2 Å². The minimum absolute atomic E-state index is 0.496. The zero-order valence-electron chi connectivity index (χ0n) is 10.4. The standard InChI is InChI=1S/C11H20N4O/c1-5-8-9(12)13-7-14-10(8)15(4)6-11(2,3)16/h7,16H,5-6H2,1-4H3,(H2,12,13,14). The molecule has 0 radical (unpaired) electrons. The van der Waals surface area contributed by atoms with E-state index in [1.54, 1.807) is 13.8 Å². The maximum absolute atomic E-state index is 9.77. The maximum Gasteiger partial charge on any atom is 0.137 e.